The van der Waals surface area contributed by atoms with Gasteiger partial charge in [0.15, 0.2) is 23.2 Å². The molecule has 0 aliphatic rings. The molecule has 3 heterocycles. The predicted molar refractivity (Wildman–Crippen MR) is 209 cm³/mol. The van der Waals surface area contributed by atoms with Gasteiger partial charge >= 0.3 is 0 Å². The van der Waals surface area contributed by atoms with E-state index in [-0.39, 0.29) is 0 Å². The van der Waals surface area contributed by atoms with E-state index in [9.17, 15) is 0 Å². The summed E-state index contributed by atoms with van der Waals surface area (Å²) in [5, 5.41) is 4.30. The van der Waals surface area contributed by atoms with Crippen LogP contribution in [0.15, 0.2) is 168 Å². The minimum absolute atomic E-state index is 0.536. The van der Waals surface area contributed by atoms with Crippen LogP contribution < -0.4 is 0 Å². The van der Waals surface area contributed by atoms with Gasteiger partial charge in [0, 0.05) is 49.3 Å². The maximum atomic E-state index is 7.83. The first kappa shape index (κ1) is 29.5. The molecule has 6 heteroatoms. The number of benzene rings is 7. The molecule has 0 fully saturated rings. The Labute approximate surface area is 298 Å². The fourth-order valence-corrected chi connectivity index (χ4v) is 7.27. The minimum atomic E-state index is 0.536. The van der Waals surface area contributed by atoms with Gasteiger partial charge in [-0.25, -0.2) is 19.8 Å². The third-order valence-corrected chi connectivity index (χ3v) is 9.68. The molecule has 0 aliphatic heterocycles. The molecule has 0 saturated heterocycles. The van der Waals surface area contributed by atoms with Crippen LogP contribution >= 0.6 is 0 Å². The lowest BCUT2D eigenvalue weighted by atomic mass is 9.98. The lowest BCUT2D eigenvalue weighted by Gasteiger charge is -2.16. The van der Waals surface area contributed by atoms with Crippen LogP contribution in [0.5, 0.6) is 0 Å². The summed E-state index contributed by atoms with van der Waals surface area (Å²) in [6, 6.07) is 55.2. The third kappa shape index (κ3) is 4.76. The van der Waals surface area contributed by atoms with E-state index in [1.165, 1.54) is 0 Å². The molecule has 242 valence electrons. The van der Waals surface area contributed by atoms with Crippen LogP contribution in [0, 0.1) is 6.57 Å². The number of hydrogen-bond acceptors (Lipinski definition) is 4. The van der Waals surface area contributed by atoms with Crippen molar-refractivity contribution in [3.05, 3.63) is 175 Å². The molecule has 0 amide bonds. The van der Waals surface area contributed by atoms with Crippen molar-refractivity contribution in [3.63, 3.8) is 0 Å². The molecule has 52 heavy (non-hydrogen) atoms. The Morgan fingerprint density at radius 1 is 0.462 bits per heavy atom. The molecule has 0 N–H and O–H groups in total. The smallest absolute Gasteiger partial charge is 0.189 e. The van der Waals surface area contributed by atoms with E-state index in [0.29, 0.717) is 23.2 Å². The SMILES string of the molecule is [C-]#[N+]c1ccc2c3ccccc3n(-c3ccc(-c4cccc5c4oc4ccccc45)cc3-c3nc(-c4ccccc4)nc(-c4ccccc4)n3)c2c1. The molecular weight excluding hydrogens is 639 g/mol. The number of furan rings is 1. The minimum Gasteiger partial charge on any atom is -0.455 e. The molecule has 0 unspecified atom stereocenters. The number of hydrogen-bond donors (Lipinski definition) is 0. The van der Waals surface area contributed by atoms with Crippen molar-refractivity contribution in [2.45, 2.75) is 0 Å². The molecule has 0 bridgehead atoms. The first-order chi connectivity index (χ1) is 25.7. The van der Waals surface area contributed by atoms with E-state index < -0.39 is 0 Å². The second kappa shape index (κ2) is 11.9. The van der Waals surface area contributed by atoms with Gasteiger partial charge < -0.3 is 8.98 Å². The van der Waals surface area contributed by atoms with Crippen LogP contribution in [0.1, 0.15) is 0 Å². The van der Waals surface area contributed by atoms with Crippen LogP contribution in [-0.2, 0) is 0 Å². The van der Waals surface area contributed by atoms with Crippen molar-refractivity contribution in [1.82, 2.24) is 19.5 Å². The largest absolute Gasteiger partial charge is 0.455 e. The third-order valence-electron chi connectivity index (χ3n) is 9.68. The van der Waals surface area contributed by atoms with E-state index in [4.69, 9.17) is 25.9 Å². The Hall–Kier alpha value is -7.36. The molecule has 0 spiro atoms. The summed E-state index contributed by atoms with van der Waals surface area (Å²) in [6.07, 6.45) is 0. The topological polar surface area (TPSA) is 61.1 Å². The summed E-state index contributed by atoms with van der Waals surface area (Å²) in [5.41, 5.74) is 9.64. The lowest BCUT2D eigenvalue weighted by Crippen LogP contribution is -2.04. The summed E-state index contributed by atoms with van der Waals surface area (Å²) in [7, 11) is 0. The van der Waals surface area contributed by atoms with Crippen molar-refractivity contribution in [1.29, 1.82) is 0 Å². The predicted octanol–water partition coefficient (Wildman–Crippen LogP) is 12.1. The molecule has 0 aliphatic carbocycles. The molecule has 3 aromatic heterocycles. The molecular formula is C46H27N5O. The number of rotatable bonds is 5. The van der Waals surface area contributed by atoms with Gasteiger partial charge in [-0.2, -0.15) is 0 Å². The summed E-state index contributed by atoms with van der Waals surface area (Å²) in [6.45, 7) is 7.83. The van der Waals surface area contributed by atoms with Crippen LogP contribution in [0.2, 0.25) is 0 Å². The summed E-state index contributed by atoms with van der Waals surface area (Å²) < 4.78 is 8.74. The van der Waals surface area contributed by atoms with Gasteiger partial charge in [0.1, 0.15) is 11.2 Å². The zero-order valence-electron chi connectivity index (χ0n) is 27.7. The van der Waals surface area contributed by atoms with Crippen LogP contribution in [0.3, 0.4) is 0 Å². The molecule has 0 atom stereocenters. The second-order valence-electron chi connectivity index (χ2n) is 12.7. The van der Waals surface area contributed by atoms with Crippen molar-refractivity contribution in [2.24, 2.45) is 0 Å². The van der Waals surface area contributed by atoms with Gasteiger partial charge in [0.25, 0.3) is 0 Å². The summed E-state index contributed by atoms with van der Waals surface area (Å²) in [5.74, 6) is 1.70. The van der Waals surface area contributed by atoms with Gasteiger partial charge in [-0.1, -0.05) is 133 Å². The first-order valence-corrected chi connectivity index (χ1v) is 17.1. The highest BCUT2D eigenvalue weighted by atomic mass is 16.3. The molecule has 7 aromatic carbocycles. The van der Waals surface area contributed by atoms with E-state index in [0.717, 1.165) is 77.2 Å². The lowest BCUT2D eigenvalue weighted by molar-refractivity contribution is 0.670. The van der Waals surface area contributed by atoms with Crippen molar-refractivity contribution in [2.75, 3.05) is 0 Å². The Kier molecular flexibility index (Phi) is 6.76. The highest BCUT2D eigenvalue weighted by Crippen LogP contribution is 2.41. The van der Waals surface area contributed by atoms with Gasteiger partial charge in [-0.15, -0.1) is 0 Å². The molecule has 6 nitrogen and oxygen atoms in total. The average molecular weight is 666 g/mol. The average Bonchev–Trinajstić information content (AvgIpc) is 3.76. The maximum absolute atomic E-state index is 7.83. The van der Waals surface area contributed by atoms with E-state index in [1.807, 2.05) is 103 Å². The van der Waals surface area contributed by atoms with E-state index in [2.05, 4.69) is 70.1 Å². The molecule has 0 radical (unpaired) electrons. The Balaban J connectivity index is 1.31. The summed E-state index contributed by atoms with van der Waals surface area (Å²) >= 11 is 0. The highest BCUT2D eigenvalue weighted by Gasteiger charge is 2.21. The normalized spacial score (nSPS) is 11.4. The van der Waals surface area contributed by atoms with Crippen LogP contribution in [-0.4, -0.2) is 19.5 Å². The number of aromatic nitrogens is 4. The van der Waals surface area contributed by atoms with Gasteiger partial charge in [-0.3, -0.25) is 0 Å². The fourth-order valence-electron chi connectivity index (χ4n) is 7.27. The Bertz CT molecular complexity index is 2970. The van der Waals surface area contributed by atoms with Crippen molar-refractivity contribution in [3.8, 4) is 51.0 Å². The molecule has 0 saturated carbocycles. The number of fused-ring (bicyclic) bond motifs is 6. The fraction of sp³-hybridized carbons (Fsp3) is 0. The first-order valence-electron chi connectivity index (χ1n) is 17.1. The number of para-hydroxylation sites is 3. The van der Waals surface area contributed by atoms with Crippen molar-refractivity contribution < 1.29 is 4.42 Å². The van der Waals surface area contributed by atoms with Crippen molar-refractivity contribution >= 4 is 49.4 Å². The van der Waals surface area contributed by atoms with Crippen LogP contribution in [0.4, 0.5) is 5.69 Å². The van der Waals surface area contributed by atoms with Gasteiger partial charge in [0.05, 0.1) is 17.8 Å². The standard InChI is InChI=1S/C46H27N5O/c1-47-32-24-25-35-34-17-8-10-21-39(34)51(41(35)28-32)40-26-23-31(33-19-12-20-37-36-18-9-11-22-42(36)52-43(33)37)27-38(40)46-49-44(29-13-4-2-5-14-29)48-45(50-46)30-15-6-3-7-16-30/h2-28H. The Morgan fingerprint density at radius 2 is 1.10 bits per heavy atom. The second-order valence-corrected chi connectivity index (χ2v) is 12.7. The van der Waals surface area contributed by atoms with E-state index in [1.54, 1.807) is 0 Å². The number of nitrogens with zero attached hydrogens (tertiary/aromatic N) is 5. The zero-order chi connectivity index (χ0) is 34.6. The van der Waals surface area contributed by atoms with E-state index >= 15 is 0 Å². The maximum Gasteiger partial charge on any atom is 0.189 e. The van der Waals surface area contributed by atoms with Gasteiger partial charge in [0.2, 0.25) is 0 Å². The molecule has 10 aromatic rings. The van der Waals surface area contributed by atoms with Gasteiger partial charge in [-0.05, 0) is 35.9 Å². The Morgan fingerprint density at radius 3 is 1.85 bits per heavy atom. The zero-order valence-corrected chi connectivity index (χ0v) is 27.7. The monoisotopic (exact) mass is 665 g/mol. The molecule has 10 rings (SSSR count). The quantitative estimate of drug-likeness (QED) is 0.172. The highest BCUT2D eigenvalue weighted by molar-refractivity contribution is 6.11. The summed E-state index contributed by atoms with van der Waals surface area (Å²) in [4.78, 5) is 19.1. The van der Waals surface area contributed by atoms with Crippen LogP contribution in [0.25, 0.3) is 99.6 Å².